The van der Waals surface area contributed by atoms with Crippen LogP contribution in [0.4, 0.5) is 8.78 Å². The van der Waals surface area contributed by atoms with Crippen molar-refractivity contribution in [3.63, 3.8) is 0 Å². The topological polar surface area (TPSA) is 46.5 Å². The maximum atomic E-state index is 12.6. The molecular weight excluding hydrogens is 218 g/mol. The van der Waals surface area contributed by atoms with E-state index < -0.39 is 24.4 Å². The molecule has 3 nitrogen and oxygen atoms in total. The number of rotatable bonds is 4. The maximum Gasteiger partial charge on any atom is 0.317 e. The predicted octanol–water partition coefficient (Wildman–Crippen LogP) is 1.77. The Balaban J connectivity index is 2.92. The van der Waals surface area contributed by atoms with Gasteiger partial charge in [-0.3, -0.25) is 4.79 Å². The predicted molar refractivity (Wildman–Crippen MR) is 52.9 cm³/mol. The first kappa shape index (κ1) is 12.6. The average molecular weight is 230 g/mol. The average Bonchev–Trinajstić information content (AvgIpc) is 2.29. The van der Waals surface area contributed by atoms with Crippen LogP contribution in [0.5, 0.6) is 0 Å². The van der Waals surface area contributed by atoms with E-state index in [0.29, 0.717) is 0 Å². The molecule has 5 heteroatoms. The molecule has 16 heavy (non-hydrogen) atoms. The van der Waals surface area contributed by atoms with Crippen molar-refractivity contribution in [3.05, 3.63) is 35.9 Å². The van der Waals surface area contributed by atoms with E-state index in [2.05, 4.69) is 4.74 Å². The summed E-state index contributed by atoms with van der Waals surface area (Å²) in [5, 5.41) is 9.67. The SMILES string of the molecule is COC(=O)C(C(F)F)C(O)c1ccccc1. The highest BCUT2D eigenvalue weighted by atomic mass is 19.3. The number of carbonyl (C=O) groups excluding carboxylic acids is 1. The lowest BCUT2D eigenvalue weighted by Crippen LogP contribution is -2.30. The van der Waals surface area contributed by atoms with Gasteiger partial charge in [-0.15, -0.1) is 0 Å². The van der Waals surface area contributed by atoms with Crippen molar-refractivity contribution in [3.8, 4) is 0 Å². The monoisotopic (exact) mass is 230 g/mol. The van der Waals surface area contributed by atoms with Crippen molar-refractivity contribution >= 4 is 5.97 Å². The summed E-state index contributed by atoms with van der Waals surface area (Å²) < 4.78 is 29.5. The van der Waals surface area contributed by atoms with Crippen molar-refractivity contribution in [2.45, 2.75) is 12.5 Å². The highest BCUT2D eigenvalue weighted by Gasteiger charge is 2.37. The van der Waals surface area contributed by atoms with Crippen LogP contribution in [-0.2, 0) is 9.53 Å². The fraction of sp³-hybridized carbons (Fsp3) is 0.364. The van der Waals surface area contributed by atoms with Crippen LogP contribution in [0.3, 0.4) is 0 Å². The van der Waals surface area contributed by atoms with E-state index >= 15 is 0 Å². The second kappa shape index (κ2) is 5.55. The molecule has 0 saturated heterocycles. The quantitative estimate of drug-likeness (QED) is 0.802. The van der Waals surface area contributed by atoms with Gasteiger partial charge in [-0.1, -0.05) is 30.3 Å². The van der Waals surface area contributed by atoms with E-state index in [1.165, 1.54) is 12.1 Å². The fourth-order valence-corrected chi connectivity index (χ4v) is 1.36. The van der Waals surface area contributed by atoms with Gasteiger partial charge in [-0.2, -0.15) is 0 Å². The number of alkyl halides is 2. The third kappa shape index (κ3) is 2.76. The lowest BCUT2D eigenvalue weighted by atomic mass is 9.96. The summed E-state index contributed by atoms with van der Waals surface area (Å²) in [5.41, 5.74) is 0.262. The molecule has 1 aromatic carbocycles. The van der Waals surface area contributed by atoms with Crippen LogP contribution in [0.25, 0.3) is 0 Å². The molecule has 0 aliphatic rings. The minimum Gasteiger partial charge on any atom is -0.469 e. The molecule has 0 bridgehead atoms. The largest absolute Gasteiger partial charge is 0.469 e. The molecule has 1 aromatic rings. The van der Waals surface area contributed by atoms with E-state index in [9.17, 15) is 18.7 Å². The standard InChI is InChI=1S/C11H12F2O3/c1-16-11(15)8(10(12)13)9(14)7-5-3-2-4-6-7/h2-6,8-10,14H,1H3. The zero-order valence-corrected chi connectivity index (χ0v) is 8.64. The van der Waals surface area contributed by atoms with Gasteiger partial charge >= 0.3 is 5.97 Å². The number of halogens is 2. The van der Waals surface area contributed by atoms with E-state index in [1.54, 1.807) is 18.2 Å². The number of benzene rings is 1. The molecule has 0 heterocycles. The number of hydrogen-bond donors (Lipinski definition) is 1. The van der Waals surface area contributed by atoms with Crippen molar-refractivity contribution in [1.82, 2.24) is 0 Å². The van der Waals surface area contributed by atoms with Crippen molar-refractivity contribution in [2.24, 2.45) is 5.92 Å². The zero-order chi connectivity index (χ0) is 12.1. The highest BCUT2D eigenvalue weighted by Crippen LogP contribution is 2.28. The molecule has 88 valence electrons. The molecule has 0 spiro atoms. The number of carbonyl (C=O) groups is 1. The minimum absolute atomic E-state index is 0.262. The number of ether oxygens (including phenoxy) is 1. The Bertz CT molecular complexity index is 340. The number of esters is 1. The normalized spacial score (nSPS) is 14.6. The van der Waals surface area contributed by atoms with Crippen LogP contribution < -0.4 is 0 Å². The third-order valence-corrected chi connectivity index (χ3v) is 2.23. The summed E-state index contributed by atoms with van der Waals surface area (Å²) in [5.74, 6) is -2.97. The summed E-state index contributed by atoms with van der Waals surface area (Å²) in [7, 11) is 1.01. The lowest BCUT2D eigenvalue weighted by Gasteiger charge is -2.20. The Kier molecular flexibility index (Phi) is 4.37. The smallest absolute Gasteiger partial charge is 0.317 e. The Morgan fingerprint density at radius 1 is 1.31 bits per heavy atom. The van der Waals surface area contributed by atoms with Gasteiger partial charge in [0.1, 0.15) is 5.92 Å². The van der Waals surface area contributed by atoms with Gasteiger partial charge in [0, 0.05) is 0 Å². The van der Waals surface area contributed by atoms with Crippen LogP contribution in [-0.4, -0.2) is 24.6 Å². The fourth-order valence-electron chi connectivity index (χ4n) is 1.36. The van der Waals surface area contributed by atoms with Crippen LogP contribution in [0, 0.1) is 5.92 Å². The molecule has 0 saturated carbocycles. The van der Waals surface area contributed by atoms with E-state index in [1.807, 2.05) is 0 Å². The second-order valence-electron chi connectivity index (χ2n) is 3.24. The van der Waals surface area contributed by atoms with Crippen molar-refractivity contribution < 1.29 is 23.4 Å². The molecule has 2 unspecified atom stereocenters. The van der Waals surface area contributed by atoms with Crippen LogP contribution in [0.2, 0.25) is 0 Å². The third-order valence-electron chi connectivity index (χ3n) is 2.23. The van der Waals surface area contributed by atoms with Crippen LogP contribution >= 0.6 is 0 Å². The molecule has 0 radical (unpaired) electrons. The zero-order valence-electron chi connectivity index (χ0n) is 8.64. The number of methoxy groups -OCH3 is 1. The summed E-state index contributed by atoms with van der Waals surface area (Å²) in [6.45, 7) is 0. The Labute approximate surface area is 91.7 Å². The van der Waals surface area contributed by atoms with E-state index in [4.69, 9.17) is 0 Å². The van der Waals surface area contributed by atoms with Gasteiger partial charge in [-0.05, 0) is 5.56 Å². The van der Waals surface area contributed by atoms with Gasteiger partial charge in [0.05, 0.1) is 13.2 Å². The molecule has 1 N–H and O–H groups in total. The molecule has 0 fully saturated rings. The van der Waals surface area contributed by atoms with Crippen molar-refractivity contribution in [2.75, 3.05) is 7.11 Å². The van der Waals surface area contributed by atoms with E-state index in [-0.39, 0.29) is 5.56 Å². The molecule has 0 aliphatic carbocycles. The highest BCUT2D eigenvalue weighted by molar-refractivity contribution is 5.73. The molecule has 0 amide bonds. The molecular formula is C11H12F2O3. The summed E-state index contributed by atoms with van der Waals surface area (Å²) in [6.07, 6.45) is -4.53. The Morgan fingerprint density at radius 2 is 1.88 bits per heavy atom. The number of aliphatic hydroxyl groups is 1. The Hall–Kier alpha value is -1.49. The van der Waals surface area contributed by atoms with E-state index in [0.717, 1.165) is 7.11 Å². The lowest BCUT2D eigenvalue weighted by molar-refractivity contribution is -0.157. The first-order chi connectivity index (χ1) is 7.57. The molecule has 1 rings (SSSR count). The molecule has 2 atom stereocenters. The molecule has 0 aliphatic heterocycles. The number of aliphatic hydroxyl groups excluding tert-OH is 1. The summed E-state index contributed by atoms with van der Waals surface area (Å²) in [4.78, 5) is 11.1. The Morgan fingerprint density at radius 3 is 2.31 bits per heavy atom. The van der Waals surface area contributed by atoms with Gasteiger partial charge in [-0.25, -0.2) is 8.78 Å². The first-order valence-electron chi connectivity index (χ1n) is 4.67. The summed E-state index contributed by atoms with van der Waals surface area (Å²) >= 11 is 0. The maximum absolute atomic E-state index is 12.6. The van der Waals surface area contributed by atoms with Crippen molar-refractivity contribution in [1.29, 1.82) is 0 Å². The second-order valence-corrected chi connectivity index (χ2v) is 3.24. The minimum atomic E-state index is -2.97. The first-order valence-corrected chi connectivity index (χ1v) is 4.67. The van der Waals surface area contributed by atoms with Gasteiger partial charge in [0.25, 0.3) is 6.43 Å². The summed E-state index contributed by atoms with van der Waals surface area (Å²) in [6, 6.07) is 7.83. The van der Waals surface area contributed by atoms with Gasteiger partial charge < -0.3 is 9.84 Å². The van der Waals surface area contributed by atoms with Crippen LogP contribution in [0.15, 0.2) is 30.3 Å². The van der Waals surface area contributed by atoms with Crippen LogP contribution in [0.1, 0.15) is 11.7 Å². The molecule has 0 aromatic heterocycles. The number of hydrogen-bond acceptors (Lipinski definition) is 3. The van der Waals surface area contributed by atoms with Gasteiger partial charge in [0.2, 0.25) is 0 Å². The van der Waals surface area contributed by atoms with Gasteiger partial charge in [0.15, 0.2) is 0 Å².